The molecule has 2 aromatic carbocycles. The van der Waals surface area contributed by atoms with Gasteiger partial charge in [-0.1, -0.05) is 60.7 Å². The molecule has 0 spiro atoms. The molecule has 0 aliphatic heterocycles. The first-order valence-corrected chi connectivity index (χ1v) is 6.42. The van der Waals surface area contributed by atoms with Gasteiger partial charge in [-0.05, 0) is 11.1 Å². The van der Waals surface area contributed by atoms with Crippen LogP contribution in [0.15, 0.2) is 66.9 Å². The van der Waals surface area contributed by atoms with Crippen LogP contribution in [0.5, 0.6) is 0 Å². The van der Waals surface area contributed by atoms with Crippen LogP contribution in [-0.4, -0.2) is 9.55 Å². The van der Waals surface area contributed by atoms with Crippen LogP contribution in [-0.2, 0) is 13.0 Å². The topological polar surface area (TPSA) is 17.8 Å². The van der Waals surface area contributed by atoms with Gasteiger partial charge >= 0.3 is 0 Å². The average Bonchev–Trinajstić information content (AvgIpc) is 2.88. The zero-order valence-corrected chi connectivity index (χ0v) is 10.7. The van der Waals surface area contributed by atoms with Gasteiger partial charge in [0.2, 0.25) is 0 Å². The van der Waals surface area contributed by atoms with E-state index in [0.717, 1.165) is 18.7 Å². The van der Waals surface area contributed by atoms with Crippen LogP contribution < -0.4 is 0 Å². The summed E-state index contributed by atoms with van der Waals surface area (Å²) in [6, 6.07) is 20.8. The molecule has 0 saturated carbocycles. The van der Waals surface area contributed by atoms with Crippen molar-refractivity contribution in [1.82, 2.24) is 9.55 Å². The van der Waals surface area contributed by atoms with Crippen molar-refractivity contribution in [3.05, 3.63) is 90.0 Å². The summed E-state index contributed by atoms with van der Waals surface area (Å²) in [5, 5.41) is 0. The van der Waals surface area contributed by atoms with Gasteiger partial charge in [-0.2, -0.15) is 0 Å². The summed E-state index contributed by atoms with van der Waals surface area (Å²) >= 11 is 0. The second-order valence-electron chi connectivity index (χ2n) is 4.61. The second-order valence-corrected chi connectivity index (χ2v) is 4.61. The summed E-state index contributed by atoms with van der Waals surface area (Å²) in [5.41, 5.74) is 3.60. The summed E-state index contributed by atoms with van der Waals surface area (Å²) in [6.45, 7) is 0.822. The number of nitrogens with zero attached hydrogens (tertiary/aromatic N) is 2. The molecule has 0 unspecified atom stereocenters. The molecule has 1 radical (unpaired) electrons. The lowest BCUT2D eigenvalue weighted by Gasteiger charge is -2.01. The first-order valence-electron chi connectivity index (χ1n) is 6.42. The molecule has 0 aliphatic rings. The minimum Gasteiger partial charge on any atom is -0.324 e. The zero-order chi connectivity index (χ0) is 12.9. The largest absolute Gasteiger partial charge is 0.324 e. The smallest absolute Gasteiger partial charge is 0.177 e. The van der Waals surface area contributed by atoms with E-state index in [9.17, 15) is 0 Å². The Morgan fingerprint density at radius 3 is 2.16 bits per heavy atom. The molecule has 93 valence electrons. The minimum atomic E-state index is 0.822. The van der Waals surface area contributed by atoms with Crippen molar-refractivity contribution in [2.24, 2.45) is 0 Å². The molecule has 3 aromatic rings. The first kappa shape index (κ1) is 11.7. The molecule has 2 nitrogen and oxygen atoms in total. The predicted octanol–water partition coefficient (Wildman–Crippen LogP) is 3.32. The number of benzene rings is 2. The Labute approximate surface area is 113 Å². The van der Waals surface area contributed by atoms with Crippen molar-refractivity contribution < 1.29 is 0 Å². The molecule has 1 heterocycles. The van der Waals surface area contributed by atoms with Gasteiger partial charge in [0.25, 0.3) is 0 Å². The van der Waals surface area contributed by atoms with Crippen LogP contribution in [0.2, 0.25) is 0 Å². The monoisotopic (exact) mass is 247 g/mol. The lowest BCUT2D eigenvalue weighted by molar-refractivity contribution is 0.789. The van der Waals surface area contributed by atoms with E-state index in [-0.39, 0.29) is 0 Å². The Morgan fingerprint density at radius 1 is 0.842 bits per heavy atom. The standard InChI is InChI=1S/C17H15N2/c1-3-7-15(8-4-1)11-17-13-19(14-18-17)12-16-9-5-2-6-10-16/h1-10,13H,11-12H2. The van der Waals surface area contributed by atoms with Crippen molar-refractivity contribution in [2.45, 2.75) is 13.0 Å². The van der Waals surface area contributed by atoms with Gasteiger partial charge in [0, 0.05) is 19.2 Å². The van der Waals surface area contributed by atoms with Gasteiger partial charge in [0.15, 0.2) is 6.33 Å². The van der Waals surface area contributed by atoms with Crippen molar-refractivity contribution in [3.63, 3.8) is 0 Å². The van der Waals surface area contributed by atoms with E-state index >= 15 is 0 Å². The van der Waals surface area contributed by atoms with Gasteiger partial charge in [-0.3, -0.25) is 0 Å². The van der Waals surface area contributed by atoms with Crippen LogP contribution in [0.1, 0.15) is 16.8 Å². The molecule has 19 heavy (non-hydrogen) atoms. The van der Waals surface area contributed by atoms with Crippen molar-refractivity contribution in [3.8, 4) is 0 Å². The normalized spacial score (nSPS) is 10.5. The van der Waals surface area contributed by atoms with Gasteiger partial charge in [-0.25, -0.2) is 4.98 Å². The fourth-order valence-corrected chi connectivity index (χ4v) is 2.12. The molecule has 3 rings (SSSR count). The van der Waals surface area contributed by atoms with Gasteiger partial charge in [-0.15, -0.1) is 0 Å². The summed E-state index contributed by atoms with van der Waals surface area (Å²) in [4.78, 5) is 4.35. The highest BCUT2D eigenvalue weighted by molar-refractivity contribution is 5.21. The quantitative estimate of drug-likeness (QED) is 0.691. The van der Waals surface area contributed by atoms with Crippen LogP contribution in [0.4, 0.5) is 0 Å². The second kappa shape index (κ2) is 5.53. The predicted molar refractivity (Wildman–Crippen MR) is 75.9 cm³/mol. The number of imidazole rings is 1. The van der Waals surface area contributed by atoms with E-state index < -0.39 is 0 Å². The third-order valence-corrected chi connectivity index (χ3v) is 3.05. The molecule has 1 aromatic heterocycles. The van der Waals surface area contributed by atoms with E-state index in [1.165, 1.54) is 11.1 Å². The summed E-state index contributed by atoms with van der Waals surface area (Å²) in [7, 11) is 0. The highest BCUT2D eigenvalue weighted by Crippen LogP contribution is 2.08. The SMILES string of the molecule is [c]1nc(Cc2ccccc2)cn1Cc1ccccc1. The third kappa shape index (κ3) is 3.10. The minimum absolute atomic E-state index is 0.822. The van der Waals surface area contributed by atoms with Crippen molar-refractivity contribution >= 4 is 0 Å². The Bertz CT molecular complexity index is 571. The summed E-state index contributed by atoms with van der Waals surface area (Å²) < 4.78 is 2.01. The molecule has 0 amide bonds. The Hall–Kier alpha value is -2.35. The number of rotatable bonds is 4. The summed E-state index contributed by atoms with van der Waals surface area (Å²) in [5.74, 6) is 0. The molecule has 2 heteroatoms. The number of aromatic nitrogens is 2. The maximum absolute atomic E-state index is 4.35. The van der Waals surface area contributed by atoms with E-state index in [4.69, 9.17) is 0 Å². The van der Waals surface area contributed by atoms with Gasteiger partial charge < -0.3 is 4.57 Å². The van der Waals surface area contributed by atoms with Crippen LogP contribution in [0.25, 0.3) is 0 Å². The lowest BCUT2D eigenvalue weighted by atomic mass is 10.1. The average molecular weight is 247 g/mol. The molecular formula is C17H15N2. The van der Waals surface area contributed by atoms with E-state index in [1.807, 2.05) is 16.7 Å². The Kier molecular flexibility index (Phi) is 3.41. The lowest BCUT2D eigenvalue weighted by Crippen LogP contribution is -1.96. The maximum atomic E-state index is 4.35. The number of hydrogen-bond donors (Lipinski definition) is 0. The Morgan fingerprint density at radius 2 is 1.47 bits per heavy atom. The third-order valence-electron chi connectivity index (χ3n) is 3.05. The van der Waals surface area contributed by atoms with Gasteiger partial charge in [0.05, 0.1) is 5.69 Å². The molecular weight excluding hydrogens is 232 g/mol. The molecule has 0 aliphatic carbocycles. The maximum Gasteiger partial charge on any atom is 0.177 e. The van der Waals surface area contributed by atoms with Crippen LogP contribution >= 0.6 is 0 Å². The van der Waals surface area contributed by atoms with E-state index in [2.05, 4.69) is 66.0 Å². The van der Waals surface area contributed by atoms with E-state index in [1.54, 1.807) is 0 Å². The van der Waals surface area contributed by atoms with Crippen LogP contribution in [0, 0.1) is 6.33 Å². The fraction of sp³-hybridized carbons (Fsp3) is 0.118. The number of hydrogen-bond acceptors (Lipinski definition) is 1. The molecule has 0 fully saturated rings. The summed E-state index contributed by atoms with van der Waals surface area (Å²) in [6.07, 6.45) is 5.97. The highest BCUT2D eigenvalue weighted by Gasteiger charge is 2.01. The van der Waals surface area contributed by atoms with Gasteiger partial charge in [0.1, 0.15) is 0 Å². The van der Waals surface area contributed by atoms with E-state index in [0.29, 0.717) is 0 Å². The zero-order valence-electron chi connectivity index (χ0n) is 10.7. The Balaban J connectivity index is 1.70. The fourth-order valence-electron chi connectivity index (χ4n) is 2.12. The first-order chi connectivity index (χ1) is 9.40. The van der Waals surface area contributed by atoms with Crippen LogP contribution in [0.3, 0.4) is 0 Å². The molecule has 0 N–H and O–H groups in total. The molecule has 0 atom stereocenters. The molecule has 0 bridgehead atoms. The molecule has 0 saturated heterocycles. The van der Waals surface area contributed by atoms with Crippen molar-refractivity contribution in [1.29, 1.82) is 0 Å². The highest BCUT2D eigenvalue weighted by atomic mass is 15.0. The van der Waals surface area contributed by atoms with Crippen molar-refractivity contribution in [2.75, 3.05) is 0 Å².